The zero-order valence-electron chi connectivity index (χ0n) is 18.3. The molecule has 0 radical (unpaired) electrons. The summed E-state index contributed by atoms with van der Waals surface area (Å²) in [7, 11) is 0. The number of esters is 1. The molecule has 0 unspecified atom stereocenters. The first-order valence-corrected chi connectivity index (χ1v) is 10.8. The van der Waals surface area contributed by atoms with Crippen LogP contribution in [0.5, 0.6) is 0 Å². The number of carbonyl (C=O) groups is 2. The zero-order chi connectivity index (χ0) is 23.2. The number of hydrogen-bond acceptors (Lipinski definition) is 3. The Morgan fingerprint density at radius 3 is 2.59 bits per heavy atom. The lowest BCUT2D eigenvalue weighted by Gasteiger charge is -2.29. The third kappa shape index (κ3) is 3.91. The van der Waals surface area contributed by atoms with Gasteiger partial charge < -0.3 is 14.6 Å². The quantitative estimate of drug-likeness (QED) is 0.517. The smallest absolute Gasteiger partial charge is 0.342 e. The number of halogens is 2. The standard InChI is InChI=1S/C25H24ClFN2O3/c1-14(2)32-24(31)17-12-29(23(30)15-9-10-19(27)18(26)11-15)13-25(3,4)21-16-7-5-6-8-20(16)28-22(17)21/h5-12,14,28H,13H2,1-4H3. The molecule has 2 heterocycles. The molecule has 1 aromatic heterocycles. The third-order valence-electron chi connectivity index (χ3n) is 5.49. The lowest BCUT2D eigenvalue weighted by Crippen LogP contribution is -2.37. The summed E-state index contributed by atoms with van der Waals surface area (Å²) in [6.07, 6.45) is 1.19. The second kappa shape index (κ2) is 8.10. The Hall–Kier alpha value is -3.12. The summed E-state index contributed by atoms with van der Waals surface area (Å²) in [6, 6.07) is 11.7. The number of nitrogens with zero attached hydrogens (tertiary/aromatic N) is 1. The van der Waals surface area contributed by atoms with E-state index in [0.717, 1.165) is 22.5 Å². The van der Waals surface area contributed by atoms with Crippen molar-refractivity contribution in [3.05, 3.63) is 76.3 Å². The van der Waals surface area contributed by atoms with Gasteiger partial charge >= 0.3 is 5.97 Å². The lowest BCUT2D eigenvalue weighted by atomic mass is 9.81. The van der Waals surface area contributed by atoms with Gasteiger partial charge in [-0.05, 0) is 43.7 Å². The fourth-order valence-electron chi connectivity index (χ4n) is 4.18. The summed E-state index contributed by atoms with van der Waals surface area (Å²) >= 11 is 5.90. The number of H-pyrrole nitrogens is 1. The maximum atomic E-state index is 13.6. The van der Waals surface area contributed by atoms with Gasteiger partial charge in [-0.15, -0.1) is 0 Å². The highest BCUT2D eigenvalue weighted by Gasteiger charge is 2.37. The Bertz CT molecular complexity index is 1260. The van der Waals surface area contributed by atoms with Gasteiger partial charge in [0.1, 0.15) is 5.82 Å². The molecule has 0 atom stereocenters. The van der Waals surface area contributed by atoms with Gasteiger partial charge in [-0.1, -0.05) is 43.6 Å². The molecule has 1 aliphatic heterocycles. The summed E-state index contributed by atoms with van der Waals surface area (Å²) in [6.45, 7) is 7.89. The van der Waals surface area contributed by atoms with Crippen LogP contribution in [0.1, 0.15) is 49.3 Å². The van der Waals surface area contributed by atoms with Crippen LogP contribution in [0.4, 0.5) is 4.39 Å². The largest absolute Gasteiger partial charge is 0.459 e. The summed E-state index contributed by atoms with van der Waals surface area (Å²) in [5, 5.41) is 0.847. The van der Waals surface area contributed by atoms with Gasteiger partial charge in [-0.2, -0.15) is 0 Å². The van der Waals surface area contributed by atoms with Gasteiger partial charge in [-0.3, -0.25) is 4.79 Å². The van der Waals surface area contributed by atoms with Crippen LogP contribution in [0.25, 0.3) is 16.5 Å². The van der Waals surface area contributed by atoms with Gasteiger partial charge in [0.05, 0.1) is 22.4 Å². The molecular weight excluding hydrogens is 431 g/mol. The number of hydrogen-bond donors (Lipinski definition) is 1. The predicted octanol–water partition coefficient (Wildman–Crippen LogP) is 5.69. The Kier molecular flexibility index (Phi) is 5.59. The van der Waals surface area contributed by atoms with E-state index in [2.05, 4.69) is 4.98 Å². The first-order valence-electron chi connectivity index (χ1n) is 10.4. The van der Waals surface area contributed by atoms with E-state index >= 15 is 0 Å². The van der Waals surface area contributed by atoms with Crippen molar-refractivity contribution >= 4 is 40.0 Å². The van der Waals surface area contributed by atoms with Gasteiger partial charge in [0.25, 0.3) is 5.91 Å². The van der Waals surface area contributed by atoms with Gasteiger partial charge in [0.2, 0.25) is 0 Å². The molecule has 0 saturated carbocycles. The average molecular weight is 455 g/mol. The van der Waals surface area contributed by atoms with Crippen LogP contribution in [0.15, 0.2) is 48.7 Å². The van der Waals surface area contributed by atoms with E-state index in [4.69, 9.17) is 16.3 Å². The van der Waals surface area contributed by atoms with Crippen LogP contribution in [0.2, 0.25) is 5.02 Å². The molecule has 0 saturated heterocycles. The highest BCUT2D eigenvalue weighted by molar-refractivity contribution is 6.31. The van der Waals surface area contributed by atoms with Crippen LogP contribution in [-0.4, -0.2) is 34.4 Å². The first-order chi connectivity index (χ1) is 15.1. The van der Waals surface area contributed by atoms with E-state index < -0.39 is 17.2 Å². The maximum absolute atomic E-state index is 13.6. The van der Waals surface area contributed by atoms with Crippen molar-refractivity contribution in [3.63, 3.8) is 0 Å². The molecule has 5 nitrogen and oxygen atoms in total. The number of aromatic nitrogens is 1. The molecule has 7 heteroatoms. The molecule has 1 amide bonds. The van der Waals surface area contributed by atoms with Crippen LogP contribution < -0.4 is 0 Å². The second-order valence-corrected chi connectivity index (χ2v) is 9.27. The van der Waals surface area contributed by atoms with Gasteiger partial charge in [-0.25, -0.2) is 9.18 Å². The maximum Gasteiger partial charge on any atom is 0.342 e. The minimum Gasteiger partial charge on any atom is -0.459 e. The predicted molar refractivity (Wildman–Crippen MR) is 123 cm³/mol. The molecule has 3 aromatic rings. The lowest BCUT2D eigenvalue weighted by molar-refractivity contribution is -0.140. The number of benzene rings is 2. The van der Waals surface area contributed by atoms with Crippen LogP contribution in [0, 0.1) is 5.82 Å². The van der Waals surface area contributed by atoms with E-state index in [1.54, 1.807) is 13.8 Å². The number of amides is 1. The first kappa shape index (κ1) is 22.1. The average Bonchev–Trinajstić information content (AvgIpc) is 3.06. The fourth-order valence-corrected chi connectivity index (χ4v) is 4.36. The third-order valence-corrected chi connectivity index (χ3v) is 5.78. The molecule has 0 spiro atoms. The molecule has 2 aromatic carbocycles. The van der Waals surface area contributed by atoms with E-state index in [0.29, 0.717) is 12.2 Å². The van der Waals surface area contributed by atoms with E-state index in [1.165, 1.54) is 23.2 Å². The summed E-state index contributed by atoms with van der Waals surface area (Å²) in [5.74, 6) is -1.51. The fraction of sp³-hybridized carbons (Fsp3) is 0.280. The van der Waals surface area contributed by atoms with Crippen LogP contribution in [-0.2, 0) is 14.9 Å². The zero-order valence-corrected chi connectivity index (χ0v) is 19.1. The van der Waals surface area contributed by atoms with Crippen LogP contribution >= 0.6 is 11.6 Å². The molecule has 0 fully saturated rings. The summed E-state index contributed by atoms with van der Waals surface area (Å²) in [4.78, 5) is 31.3. The highest BCUT2D eigenvalue weighted by atomic mass is 35.5. The SMILES string of the molecule is CC(C)OC(=O)C1=CN(C(=O)c2ccc(F)c(Cl)c2)CC(C)(C)c2c1[nH]c1ccccc21. The Labute approximate surface area is 190 Å². The molecule has 0 aliphatic carbocycles. The topological polar surface area (TPSA) is 62.4 Å². The van der Waals surface area contributed by atoms with Crippen molar-refractivity contribution in [1.82, 2.24) is 9.88 Å². The number of nitrogens with one attached hydrogen (secondary N) is 1. The molecule has 1 N–H and O–H groups in total. The molecule has 32 heavy (non-hydrogen) atoms. The van der Waals surface area contributed by atoms with E-state index in [-0.39, 0.29) is 28.2 Å². The van der Waals surface area contributed by atoms with Gasteiger partial charge in [0.15, 0.2) is 0 Å². The molecule has 0 bridgehead atoms. The van der Waals surface area contributed by atoms with Gasteiger partial charge in [0, 0.05) is 34.6 Å². The molecule has 1 aliphatic rings. The molecule has 166 valence electrons. The van der Waals surface area contributed by atoms with Crippen molar-refractivity contribution in [3.8, 4) is 0 Å². The summed E-state index contributed by atoms with van der Waals surface area (Å²) in [5.41, 5.74) is 2.46. The second-order valence-electron chi connectivity index (χ2n) is 8.86. The Morgan fingerprint density at radius 1 is 1.19 bits per heavy atom. The Morgan fingerprint density at radius 2 is 1.91 bits per heavy atom. The monoisotopic (exact) mass is 454 g/mol. The Balaban J connectivity index is 1.89. The van der Waals surface area contributed by atoms with E-state index in [9.17, 15) is 14.0 Å². The highest BCUT2D eigenvalue weighted by Crippen LogP contribution is 2.40. The number of para-hydroxylation sites is 1. The van der Waals surface area contributed by atoms with Crippen molar-refractivity contribution < 1.29 is 18.7 Å². The number of rotatable bonds is 3. The summed E-state index contributed by atoms with van der Waals surface area (Å²) < 4.78 is 19.1. The van der Waals surface area contributed by atoms with Crippen LogP contribution in [0.3, 0.4) is 0 Å². The van der Waals surface area contributed by atoms with Crippen molar-refractivity contribution in [1.29, 1.82) is 0 Å². The number of carbonyl (C=O) groups excluding carboxylic acids is 2. The van der Waals surface area contributed by atoms with E-state index in [1.807, 2.05) is 38.1 Å². The van der Waals surface area contributed by atoms with Crippen molar-refractivity contribution in [2.24, 2.45) is 0 Å². The minimum atomic E-state index is -0.599. The number of fused-ring (bicyclic) bond motifs is 3. The van der Waals surface area contributed by atoms with Crippen molar-refractivity contribution in [2.45, 2.75) is 39.2 Å². The minimum absolute atomic E-state index is 0.135. The van der Waals surface area contributed by atoms with Crippen molar-refractivity contribution in [2.75, 3.05) is 6.54 Å². The normalized spacial score (nSPS) is 15.3. The number of aromatic amines is 1. The molecule has 4 rings (SSSR count). The molecular formula is C25H24ClFN2O3. The number of ether oxygens (including phenoxy) is 1.